The Morgan fingerprint density at radius 3 is 2.57 bits per heavy atom. The molecule has 1 amide bonds. The number of carbonyl (C=O) groups is 1. The number of nitrogens with zero attached hydrogens (tertiary/aromatic N) is 2. The normalized spacial score (nSPS) is 18.6. The summed E-state index contributed by atoms with van der Waals surface area (Å²) in [4.78, 5) is 15.5. The minimum absolute atomic E-state index is 0.0200. The molecule has 0 spiro atoms. The van der Waals surface area contributed by atoms with Gasteiger partial charge in [-0.3, -0.25) is 4.79 Å². The Balaban J connectivity index is 2.17. The van der Waals surface area contributed by atoms with Crippen molar-refractivity contribution < 1.29 is 14.6 Å². The lowest BCUT2D eigenvalue weighted by atomic mass is 10.3. The maximum Gasteiger partial charge on any atom is 0.248 e. The van der Waals surface area contributed by atoms with Crippen molar-refractivity contribution in [3.8, 4) is 0 Å². The van der Waals surface area contributed by atoms with Crippen LogP contribution in [0.4, 0.5) is 0 Å². The van der Waals surface area contributed by atoms with Crippen LogP contribution in [0.2, 0.25) is 0 Å². The van der Waals surface area contributed by atoms with E-state index in [1.54, 1.807) is 4.90 Å². The van der Waals surface area contributed by atoms with Crippen LogP contribution in [0.15, 0.2) is 0 Å². The number of ether oxygens (including phenoxy) is 1. The number of hydrogen-bond acceptors (Lipinski definition) is 4. The van der Waals surface area contributed by atoms with E-state index >= 15 is 0 Å². The SMILES string of the molecule is CN1CCN(C(=O)COCCO)CC1. The zero-order chi connectivity index (χ0) is 10.4. The monoisotopic (exact) mass is 202 g/mol. The number of aliphatic hydroxyl groups is 1. The van der Waals surface area contributed by atoms with Crippen LogP contribution in [0, 0.1) is 0 Å². The maximum atomic E-state index is 11.5. The van der Waals surface area contributed by atoms with Crippen molar-refractivity contribution in [1.82, 2.24) is 9.80 Å². The molecule has 5 heteroatoms. The average Bonchev–Trinajstić information content (AvgIpc) is 2.19. The molecule has 1 saturated heterocycles. The number of amides is 1. The van der Waals surface area contributed by atoms with E-state index in [1.807, 2.05) is 7.05 Å². The van der Waals surface area contributed by atoms with Crippen LogP contribution in [-0.2, 0) is 9.53 Å². The predicted molar refractivity (Wildman–Crippen MR) is 52.0 cm³/mol. The van der Waals surface area contributed by atoms with Crippen molar-refractivity contribution in [3.05, 3.63) is 0 Å². The Kier molecular flexibility index (Phi) is 4.86. The Hall–Kier alpha value is -0.650. The van der Waals surface area contributed by atoms with Gasteiger partial charge in [0.2, 0.25) is 5.91 Å². The van der Waals surface area contributed by atoms with Gasteiger partial charge in [0.15, 0.2) is 0 Å². The highest BCUT2D eigenvalue weighted by atomic mass is 16.5. The standard InChI is InChI=1S/C9H18N2O3/c1-10-2-4-11(5-3-10)9(13)8-14-7-6-12/h12H,2-8H2,1H3. The van der Waals surface area contributed by atoms with E-state index < -0.39 is 0 Å². The van der Waals surface area contributed by atoms with Crippen LogP contribution < -0.4 is 0 Å². The van der Waals surface area contributed by atoms with Gasteiger partial charge in [0, 0.05) is 26.2 Å². The number of rotatable bonds is 4. The molecule has 1 N–H and O–H groups in total. The molecule has 1 fully saturated rings. The zero-order valence-corrected chi connectivity index (χ0v) is 8.61. The second-order valence-electron chi connectivity index (χ2n) is 3.46. The lowest BCUT2D eigenvalue weighted by Crippen LogP contribution is -2.48. The van der Waals surface area contributed by atoms with E-state index in [2.05, 4.69) is 4.90 Å². The number of piperazine rings is 1. The summed E-state index contributed by atoms with van der Waals surface area (Å²) in [6, 6.07) is 0. The van der Waals surface area contributed by atoms with Gasteiger partial charge in [-0.15, -0.1) is 0 Å². The number of carbonyl (C=O) groups excluding carboxylic acids is 1. The second kappa shape index (κ2) is 5.95. The minimum Gasteiger partial charge on any atom is -0.394 e. The molecule has 1 rings (SSSR count). The first kappa shape index (κ1) is 11.4. The summed E-state index contributed by atoms with van der Waals surface area (Å²) in [7, 11) is 2.05. The highest BCUT2D eigenvalue weighted by molar-refractivity contribution is 5.77. The van der Waals surface area contributed by atoms with Crippen LogP contribution in [0.25, 0.3) is 0 Å². The lowest BCUT2D eigenvalue weighted by Gasteiger charge is -2.32. The summed E-state index contributed by atoms with van der Waals surface area (Å²) in [5.74, 6) is 0.0200. The lowest BCUT2D eigenvalue weighted by molar-refractivity contribution is -0.138. The zero-order valence-electron chi connectivity index (χ0n) is 8.61. The summed E-state index contributed by atoms with van der Waals surface area (Å²) < 4.78 is 4.97. The molecule has 0 aromatic heterocycles. The summed E-state index contributed by atoms with van der Waals surface area (Å²) in [5, 5.41) is 8.47. The maximum absolute atomic E-state index is 11.5. The number of aliphatic hydroxyl groups excluding tert-OH is 1. The molecule has 82 valence electrons. The van der Waals surface area contributed by atoms with Gasteiger partial charge in [-0.05, 0) is 7.05 Å². The molecular weight excluding hydrogens is 184 g/mol. The van der Waals surface area contributed by atoms with Gasteiger partial charge in [0.25, 0.3) is 0 Å². The summed E-state index contributed by atoms with van der Waals surface area (Å²) in [6.07, 6.45) is 0. The first-order chi connectivity index (χ1) is 6.74. The molecular formula is C9H18N2O3. The summed E-state index contributed by atoms with van der Waals surface area (Å²) >= 11 is 0. The van der Waals surface area contributed by atoms with Crippen molar-refractivity contribution in [2.45, 2.75) is 0 Å². The predicted octanol–water partition coefficient (Wildman–Crippen LogP) is -1.23. The molecule has 1 aliphatic rings. The fourth-order valence-corrected chi connectivity index (χ4v) is 1.37. The van der Waals surface area contributed by atoms with E-state index in [0.29, 0.717) is 0 Å². The Labute approximate surface area is 84.2 Å². The quantitative estimate of drug-likeness (QED) is 0.580. The molecule has 0 aromatic carbocycles. The summed E-state index contributed by atoms with van der Waals surface area (Å²) in [6.45, 7) is 3.69. The molecule has 5 nitrogen and oxygen atoms in total. The van der Waals surface area contributed by atoms with E-state index in [-0.39, 0.29) is 25.7 Å². The number of hydrogen-bond donors (Lipinski definition) is 1. The fraction of sp³-hybridized carbons (Fsp3) is 0.889. The first-order valence-electron chi connectivity index (χ1n) is 4.89. The van der Waals surface area contributed by atoms with Crippen molar-refractivity contribution in [2.75, 3.05) is 53.0 Å². The van der Waals surface area contributed by atoms with Crippen molar-refractivity contribution in [2.24, 2.45) is 0 Å². The minimum atomic E-state index is -0.0317. The van der Waals surface area contributed by atoms with E-state index in [0.717, 1.165) is 26.2 Å². The van der Waals surface area contributed by atoms with E-state index in [1.165, 1.54) is 0 Å². The van der Waals surface area contributed by atoms with Crippen LogP contribution in [0.1, 0.15) is 0 Å². The van der Waals surface area contributed by atoms with E-state index in [4.69, 9.17) is 9.84 Å². The molecule has 0 atom stereocenters. The molecule has 0 saturated carbocycles. The van der Waals surface area contributed by atoms with Gasteiger partial charge in [-0.2, -0.15) is 0 Å². The molecule has 1 aliphatic heterocycles. The van der Waals surface area contributed by atoms with E-state index in [9.17, 15) is 4.79 Å². The molecule has 14 heavy (non-hydrogen) atoms. The van der Waals surface area contributed by atoms with Gasteiger partial charge < -0.3 is 19.6 Å². The molecule has 0 radical (unpaired) electrons. The third kappa shape index (κ3) is 3.61. The third-order valence-corrected chi connectivity index (χ3v) is 2.32. The molecule has 0 aliphatic carbocycles. The van der Waals surface area contributed by atoms with Crippen LogP contribution >= 0.6 is 0 Å². The van der Waals surface area contributed by atoms with Crippen molar-refractivity contribution >= 4 is 5.91 Å². The van der Waals surface area contributed by atoms with Crippen molar-refractivity contribution in [3.63, 3.8) is 0 Å². The van der Waals surface area contributed by atoms with Crippen LogP contribution in [0.5, 0.6) is 0 Å². The van der Waals surface area contributed by atoms with Gasteiger partial charge in [0.05, 0.1) is 13.2 Å². The molecule has 0 bridgehead atoms. The highest BCUT2D eigenvalue weighted by Crippen LogP contribution is 1.99. The van der Waals surface area contributed by atoms with Gasteiger partial charge in [-0.1, -0.05) is 0 Å². The Morgan fingerprint density at radius 2 is 2.00 bits per heavy atom. The van der Waals surface area contributed by atoms with Gasteiger partial charge in [-0.25, -0.2) is 0 Å². The Bertz CT molecular complexity index is 179. The molecule has 0 unspecified atom stereocenters. The van der Waals surface area contributed by atoms with Gasteiger partial charge >= 0.3 is 0 Å². The number of likely N-dealkylation sites (N-methyl/N-ethyl adjacent to an activating group) is 1. The summed E-state index contributed by atoms with van der Waals surface area (Å²) in [5.41, 5.74) is 0. The first-order valence-corrected chi connectivity index (χ1v) is 4.89. The topological polar surface area (TPSA) is 53.0 Å². The third-order valence-electron chi connectivity index (χ3n) is 2.32. The molecule has 1 heterocycles. The Morgan fingerprint density at radius 1 is 1.36 bits per heavy atom. The average molecular weight is 202 g/mol. The van der Waals surface area contributed by atoms with Crippen molar-refractivity contribution in [1.29, 1.82) is 0 Å². The highest BCUT2D eigenvalue weighted by Gasteiger charge is 2.18. The largest absolute Gasteiger partial charge is 0.394 e. The second-order valence-corrected chi connectivity index (χ2v) is 3.46. The van der Waals surface area contributed by atoms with Gasteiger partial charge in [0.1, 0.15) is 6.61 Å². The smallest absolute Gasteiger partial charge is 0.248 e. The van der Waals surface area contributed by atoms with Crippen LogP contribution in [-0.4, -0.2) is 73.9 Å². The molecule has 0 aromatic rings. The van der Waals surface area contributed by atoms with Crippen LogP contribution in [0.3, 0.4) is 0 Å². The fourth-order valence-electron chi connectivity index (χ4n) is 1.37.